The molecular weight excluding hydrogens is 316 g/mol. The van der Waals surface area contributed by atoms with Crippen LogP contribution in [0.15, 0.2) is 24.3 Å². The molecule has 134 valence electrons. The smallest absolute Gasteiger partial charge is 0.265 e. The van der Waals surface area contributed by atoms with Gasteiger partial charge in [0, 0.05) is 19.0 Å². The van der Waals surface area contributed by atoms with Gasteiger partial charge < -0.3 is 15.0 Å². The number of nitrogens with zero attached hydrogens (tertiary/aromatic N) is 1. The van der Waals surface area contributed by atoms with Crippen molar-refractivity contribution in [2.75, 3.05) is 18.1 Å². The summed E-state index contributed by atoms with van der Waals surface area (Å²) in [5.74, 6) is 2.97. The van der Waals surface area contributed by atoms with Crippen molar-refractivity contribution in [1.82, 2.24) is 5.32 Å². The molecule has 0 saturated heterocycles. The zero-order valence-corrected chi connectivity index (χ0v) is 14.7. The molecule has 1 aliphatic heterocycles. The highest BCUT2D eigenvalue weighted by atomic mass is 16.5. The highest BCUT2D eigenvalue weighted by Gasteiger charge is 2.42. The van der Waals surface area contributed by atoms with Gasteiger partial charge in [-0.1, -0.05) is 18.6 Å². The summed E-state index contributed by atoms with van der Waals surface area (Å²) in [6, 6.07) is 7.71. The molecule has 1 heterocycles. The first-order chi connectivity index (χ1) is 12.1. The number of fused-ring (bicyclic) bond motifs is 3. The van der Waals surface area contributed by atoms with E-state index in [1.807, 2.05) is 24.3 Å². The lowest BCUT2D eigenvalue weighted by Crippen LogP contribution is -2.43. The van der Waals surface area contributed by atoms with E-state index < -0.39 is 0 Å². The number of nitrogens with one attached hydrogen (secondary N) is 1. The highest BCUT2D eigenvalue weighted by Crippen LogP contribution is 2.49. The van der Waals surface area contributed by atoms with Crippen LogP contribution in [-0.4, -0.2) is 31.0 Å². The van der Waals surface area contributed by atoms with Gasteiger partial charge in [0.2, 0.25) is 5.91 Å². The normalized spacial score (nSPS) is 28.4. The first-order valence-electron chi connectivity index (χ1n) is 9.43. The second-order valence-corrected chi connectivity index (χ2v) is 7.75. The lowest BCUT2D eigenvalue weighted by Gasteiger charge is -2.30. The Hall–Kier alpha value is -2.04. The monoisotopic (exact) mass is 342 g/mol. The van der Waals surface area contributed by atoms with E-state index in [-0.39, 0.29) is 24.5 Å². The van der Waals surface area contributed by atoms with Gasteiger partial charge in [-0.05, 0) is 56.1 Å². The van der Waals surface area contributed by atoms with E-state index in [9.17, 15) is 9.59 Å². The van der Waals surface area contributed by atoms with Gasteiger partial charge in [-0.2, -0.15) is 0 Å². The van der Waals surface area contributed by atoms with Gasteiger partial charge >= 0.3 is 0 Å². The zero-order valence-electron chi connectivity index (χ0n) is 14.7. The van der Waals surface area contributed by atoms with Crippen molar-refractivity contribution >= 4 is 17.5 Å². The van der Waals surface area contributed by atoms with Crippen LogP contribution < -0.4 is 15.0 Å². The van der Waals surface area contributed by atoms with Crippen LogP contribution in [-0.2, 0) is 9.59 Å². The predicted octanol–water partition coefficient (Wildman–Crippen LogP) is 2.74. The summed E-state index contributed by atoms with van der Waals surface area (Å²) in [6.07, 6.45) is 5.64. The van der Waals surface area contributed by atoms with Gasteiger partial charge in [0.1, 0.15) is 5.75 Å². The molecule has 1 aromatic carbocycles. The standard InChI is InChI=1S/C20H26N2O3/c1-13(16-11-14-6-7-15(16)10-14)21-19(23)8-9-22-17-4-2-3-5-18(17)25-12-20(22)24/h2-5,13-16H,6-12H2,1H3,(H,21,23). The molecule has 2 bridgehead atoms. The molecule has 0 spiro atoms. The van der Waals surface area contributed by atoms with Gasteiger partial charge in [-0.15, -0.1) is 0 Å². The SMILES string of the molecule is CC(NC(=O)CCN1C(=O)COc2ccccc21)C1CC2CCC1C2. The van der Waals surface area contributed by atoms with Crippen LogP contribution in [0.25, 0.3) is 0 Å². The van der Waals surface area contributed by atoms with Crippen molar-refractivity contribution in [3.63, 3.8) is 0 Å². The molecule has 2 saturated carbocycles. The Kier molecular flexibility index (Phi) is 4.40. The van der Waals surface area contributed by atoms with E-state index in [1.165, 1.54) is 25.7 Å². The van der Waals surface area contributed by atoms with Crippen molar-refractivity contribution in [3.8, 4) is 5.75 Å². The number of anilines is 1. The van der Waals surface area contributed by atoms with E-state index >= 15 is 0 Å². The van der Waals surface area contributed by atoms with Crippen molar-refractivity contribution in [3.05, 3.63) is 24.3 Å². The molecule has 5 heteroatoms. The molecule has 4 atom stereocenters. The number of hydrogen-bond donors (Lipinski definition) is 1. The van der Waals surface area contributed by atoms with Gasteiger partial charge in [0.25, 0.3) is 5.91 Å². The van der Waals surface area contributed by atoms with Gasteiger partial charge in [0.05, 0.1) is 5.69 Å². The average Bonchev–Trinajstić information content (AvgIpc) is 3.24. The average molecular weight is 342 g/mol. The zero-order chi connectivity index (χ0) is 17.4. The minimum absolute atomic E-state index is 0.0343. The molecule has 2 amide bonds. The van der Waals surface area contributed by atoms with Crippen molar-refractivity contribution in [1.29, 1.82) is 0 Å². The number of rotatable bonds is 5. The summed E-state index contributed by atoms with van der Waals surface area (Å²) in [6.45, 7) is 2.58. The maximum Gasteiger partial charge on any atom is 0.265 e. The third-order valence-electron chi connectivity index (χ3n) is 6.19. The summed E-state index contributed by atoms with van der Waals surface area (Å²) >= 11 is 0. The predicted molar refractivity (Wildman–Crippen MR) is 95.4 cm³/mol. The molecule has 0 radical (unpaired) electrons. The lowest BCUT2D eigenvalue weighted by molar-refractivity contribution is -0.122. The number of carbonyl (C=O) groups is 2. The Labute approximate surface area is 148 Å². The molecule has 5 nitrogen and oxygen atoms in total. The van der Waals surface area contributed by atoms with E-state index in [4.69, 9.17) is 4.74 Å². The van der Waals surface area contributed by atoms with E-state index in [0.717, 1.165) is 17.5 Å². The fourth-order valence-corrected chi connectivity index (χ4v) is 4.95. The third kappa shape index (κ3) is 3.24. The molecule has 4 unspecified atom stereocenters. The van der Waals surface area contributed by atoms with Crippen LogP contribution in [0.4, 0.5) is 5.69 Å². The molecule has 2 aliphatic carbocycles. The molecular formula is C20H26N2O3. The van der Waals surface area contributed by atoms with Crippen LogP contribution in [0.3, 0.4) is 0 Å². The summed E-state index contributed by atoms with van der Waals surface area (Å²) in [5.41, 5.74) is 0.757. The van der Waals surface area contributed by atoms with Crippen LogP contribution in [0.1, 0.15) is 39.0 Å². The summed E-state index contributed by atoms with van der Waals surface area (Å²) in [4.78, 5) is 26.2. The van der Waals surface area contributed by atoms with Crippen LogP contribution in [0.5, 0.6) is 5.75 Å². The van der Waals surface area contributed by atoms with Crippen molar-refractivity contribution in [2.45, 2.75) is 45.1 Å². The number of amides is 2. The van der Waals surface area contributed by atoms with Gasteiger partial charge in [-0.25, -0.2) is 0 Å². The lowest BCUT2D eigenvalue weighted by atomic mass is 9.84. The van der Waals surface area contributed by atoms with E-state index in [2.05, 4.69) is 12.2 Å². The number of benzene rings is 1. The number of para-hydroxylation sites is 2. The van der Waals surface area contributed by atoms with E-state index in [0.29, 0.717) is 24.6 Å². The Balaban J connectivity index is 1.32. The first-order valence-corrected chi connectivity index (χ1v) is 9.43. The fourth-order valence-electron chi connectivity index (χ4n) is 4.95. The fraction of sp³-hybridized carbons (Fsp3) is 0.600. The molecule has 3 aliphatic rings. The first kappa shape index (κ1) is 16.4. The van der Waals surface area contributed by atoms with Crippen molar-refractivity contribution in [2.24, 2.45) is 17.8 Å². The Morgan fingerprint density at radius 1 is 1.32 bits per heavy atom. The highest BCUT2D eigenvalue weighted by molar-refractivity contribution is 5.98. The quantitative estimate of drug-likeness (QED) is 0.895. The largest absolute Gasteiger partial charge is 0.482 e. The maximum absolute atomic E-state index is 12.4. The Morgan fingerprint density at radius 3 is 2.92 bits per heavy atom. The summed E-state index contributed by atoms with van der Waals surface area (Å²) in [7, 11) is 0. The summed E-state index contributed by atoms with van der Waals surface area (Å²) in [5, 5.41) is 3.18. The topological polar surface area (TPSA) is 58.6 Å². The van der Waals surface area contributed by atoms with Crippen LogP contribution in [0, 0.1) is 17.8 Å². The van der Waals surface area contributed by atoms with Gasteiger partial charge in [-0.3, -0.25) is 9.59 Å². The second kappa shape index (κ2) is 6.70. The van der Waals surface area contributed by atoms with Gasteiger partial charge in [0.15, 0.2) is 6.61 Å². The minimum atomic E-state index is -0.0901. The molecule has 25 heavy (non-hydrogen) atoms. The van der Waals surface area contributed by atoms with Crippen molar-refractivity contribution < 1.29 is 14.3 Å². The molecule has 4 rings (SSSR count). The number of ether oxygens (including phenoxy) is 1. The molecule has 1 aromatic rings. The number of hydrogen-bond acceptors (Lipinski definition) is 3. The third-order valence-corrected chi connectivity index (χ3v) is 6.19. The second-order valence-electron chi connectivity index (χ2n) is 7.75. The molecule has 2 fully saturated rings. The number of carbonyl (C=O) groups excluding carboxylic acids is 2. The molecule has 1 N–H and O–H groups in total. The minimum Gasteiger partial charge on any atom is -0.482 e. The maximum atomic E-state index is 12.4. The van der Waals surface area contributed by atoms with Crippen LogP contribution in [0.2, 0.25) is 0 Å². The molecule has 0 aromatic heterocycles. The summed E-state index contributed by atoms with van der Waals surface area (Å²) < 4.78 is 5.44. The van der Waals surface area contributed by atoms with Crippen LogP contribution >= 0.6 is 0 Å². The Morgan fingerprint density at radius 2 is 2.16 bits per heavy atom. The van der Waals surface area contributed by atoms with E-state index in [1.54, 1.807) is 4.90 Å². The Bertz CT molecular complexity index is 675.